The van der Waals surface area contributed by atoms with Gasteiger partial charge in [0.1, 0.15) is 11.3 Å². The predicted octanol–water partition coefficient (Wildman–Crippen LogP) is 5.80. The summed E-state index contributed by atoms with van der Waals surface area (Å²) in [5.74, 6) is -4.49. The summed E-state index contributed by atoms with van der Waals surface area (Å²) in [4.78, 5) is 28.7. The van der Waals surface area contributed by atoms with Crippen LogP contribution < -0.4 is 4.74 Å². The van der Waals surface area contributed by atoms with Crippen LogP contribution in [-0.2, 0) is 15.5 Å². The van der Waals surface area contributed by atoms with E-state index in [4.69, 9.17) is 9.84 Å². The van der Waals surface area contributed by atoms with Crippen LogP contribution in [0.3, 0.4) is 0 Å². The van der Waals surface area contributed by atoms with Gasteiger partial charge in [-0.3, -0.25) is 9.79 Å². The number of allylic oxidation sites excluding steroid dienone is 1. The quantitative estimate of drug-likeness (QED) is 0.426. The van der Waals surface area contributed by atoms with Crippen LogP contribution in [0.1, 0.15) is 50.2 Å². The molecule has 1 aliphatic heterocycles. The molecular formula is C27H29F2NO4. The zero-order valence-electron chi connectivity index (χ0n) is 19.3. The molecule has 0 spiro atoms. The monoisotopic (exact) mass is 469 g/mol. The van der Waals surface area contributed by atoms with Gasteiger partial charge in [-0.25, -0.2) is 13.6 Å². The molecule has 2 atom stereocenters. The number of hydrogen-bond donors (Lipinski definition) is 1. The third kappa shape index (κ3) is 5.95. The molecule has 0 aliphatic carbocycles. The van der Waals surface area contributed by atoms with Crippen molar-refractivity contribution in [2.24, 2.45) is 10.9 Å². The summed E-state index contributed by atoms with van der Waals surface area (Å²) in [6.45, 7) is 3.37. The predicted molar refractivity (Wildman–Crippen MR) is 127 cm³/mol. The fraction of sp³-hybridized carbons (Fsp3) is 0.370. The van der Waals surface area contributed by atoms with Gasteiger partial charge in [-0.15, -0.1) is 0 Å². The SMILES string of the molecule is CC(C)CC(=O)C1(C(CCC(F)(F)c2ccccc2)c2ccc(OCC(=O)O)cc2)C=CC=N1. The zero-order valence-corrected chi connectivity index (χ0v) is 19.3. The van der Waals surface area contributed by atoms with E-state index < -0.39 is 36.4 Å². The number of ether oxygens (including phenoxy) is 1. The third-order valence-electron chi connectivity index (χ3n) is 5.88. The van der Waals surface area contributed by atoms with E-state index in [0.29, 0.717) is 11.3 Å². The van der Waals surface area contributed by atoms with E-state index in [1.54, 1.807) is 60.8 Å². The summed E-state index contributed by atoms with van der Waals surface area (Å²) < 4.78 is 35.4. The first-order chi connectivity index (χ1) is 16.1. The first kappa shape index (κ1) is 25.3. The van der Waals surface area contributed by atoms with Crippen LogP contribution >= 0.6 is 0 Å². The number of carboxylic acid groups (broad SMARTS) is 1. The number of carboxylic acids is 1. The second kappa shape index (κ2) is 10.7. The molecule has 0 aromatic heterocycles. The van der Waals surface area contributed by atoms with Crippen molar-refractivity contribution in [3.05, 3.63) is 77.9 Å². The second-order valence-electron chi connectivity index (χ2n) is 8.90. The van der Waals surface area contributed by atoms with Gasteiger partial charge in [-0.1, -0.05) is 56.3 Å². The van der Waals surface area contributed by atoms with Gasteiger partial charge in [0.2, 0.25) is 0 Å². The summed E-state index contributed by atoms with van der Waals surface area (Å²) in [5.41, 5.74) is -0.674. The van der Waals surface area contributed by atoms with Gasteiger partial charge in [-0.05, 0) is 42.2 Å². The van der Waals surface area contributed by atoms with Crippen molar-refractivity contribution in [2.45, 2.75) is 50.5 Å². The van der Waals surface area contributed by atoms with Gasteiger partial charge in [0.05, 0.1) is 0 Å². The highest BCUT2D eigenvalue weighted by Gasteiger charge is 2.46. The molecule has 1 aliphatic rings. The lowest BCUT2D eigenvalue weighted by molar-refractivity contribution is -0.139. The molecule has 1 heterocycles. The van der Waals surface area contributed by atoms with Gasteiger partial charge in [-0.2, -0.15) is 0 Å². The summed E-state index contributed by atoms with van der Waals surface area (Å²) in [5, 5.41) is 8.81. The van der Waals surface area contributed by atoms with Crippen molar-refractivity contribution in [1.82, 2.24) is 0 Å². The zero-order chi connectivity index (χ0) is 24.8. The fourth-order valence-corrected chi connectivity index (χ4v) is 4.23. The number of aliphatic imine (C=N–C) groups is 1. The molecule has 5 nitrogen and oxygen atoms in total. The molecule has 0 saturated heterocycles. The number of benzene rings is 2. The van der Waals surface area contributed by atoms with Crippen LogP contribution in [0.15, 0.2) is 71.7 Å². The number of ketones is 1. The maximum absolute atomic E-state index is 15.1. The van der Waals surface area contributed by atoms with Crippen molar-refractivity contribution in [3.63, 3.8) is 0 Å². The summed E-state index contributed by atoms with van der Waals surface area (Å²) in [6, 6.07) is 14.2. The maximum Gasteiger partial charge on any atom is 0.341 e. The molecule has 0 radical (unpaired) electrons. The van der Waals surface area contributed by atoms with Crippen molar-refractivity contribution in [2.75, 3.05) is 6.61 Å². The van der Waals surface area contributed by atoms with E-state index in [1.165, 1.54) is 12.1 Å². The number of rotatable bonds is 12. The Kier molecular flexibility index (Phi) is 7.97. The molecule has 0 saturated carbocycles. The van der Waals surface area contributed by atoms with E-state index in [-0.39, 0.29) is 30.1 Å². The van der Waals surface area contributed by atoms with Crippen LogP contribution in [0.4, 0.5) is 8.78 Å². The molecule has 1 N–H and O–H groups in total. The van der Waals surface area contributed by atoms with E-state index in [9.17, 15) is 9.59 Å². The molecule has 3 rings (SSSR count). The normalized spacial score (nSPS) is 18.3. The highest BCUT2D eigenvalue weighted by molar-refractivity contribution is 5.97. The lowest BCUT2D eigenvalue weighted by Crippen LogP contribution is -2.41. The summed E-state index contributed by atoms with van der Waals surface area (Å²) in [7, 11) is 0. The van der Waals surface area contributed by atoms with Gasteiger partial charge >= 0.3 is 5.97 Å². The molecule has 0 bridgehead atoms. The largest absolute Gasteiger partial charge is 0.482 e. The highest BCUT2D eigenvalue weighted by atomic mass is 19.3. The third-order valence-corrected chi connectivity index (χ3v) is 5.88. The lowest BCUT2D eigenvalue weighted by Gasteiger charge is -2.34. The summed E-state index contributed by atoms with van der Waals surface area (Å²) in [6.07, 6.45) is 4.77. The summed E-state index contributed by atoms with van der Waals surface area (Å²) >= 11 is 0. The first-order valence-corrected chi connectivity index (χ1v) is 11.3. The van der Waals surface area contributed by atoms with E-state index in [0.717, 1.165) is 0 Å². The van der Waals surface area contributed by atoms with E-state index in [1.807, 2.05) is 13.8 Å². The molecule has 0 amide bonds. The Hall–Kier alpha value is -3.35. The average molecular weight is 470 g/mol. The molecule has 0 fully saturated rings. The van der Waals surface area contributed by atoms with Crippen LogP contribution in [0, 0.1) is 5.92 Å². The number of halogens is 2. The number of aliphatic carboxylic acids is 1. The van der Waals surface area contributed by atoms with E-state index >= 15 is 8.78 Å². The van der Waals surface area contributed by atoms with Crippen molar-refractivity contribution >= 4 is 18.0 Å². The smallest absolute Gasteiger partial charge is 0.341 e. The number of Topliss-reactive ketones (excluding diaryl/α,β-unsaturated/α-hetero) is 1. The Balaban J connectivity index is 1.94. The molecule has 34 heavy (non-hydrogen) atoms. The molecule has 2 unspecified atom stereocenters. The number of carbonyl (C=O) groups excluding carboxylic acids is 1. The minimum atomic E-state index is -3.07. The Morgan fingerprint density at radius 1 is 1.09 bits per heavy atom. The Morgan fingerprint density at radius 3 is 2.32 bits per heavy atom. The Morgan fingerprint density at radius 2 is 1.76 bits per heavy atom. The van der Waals surface area contributed by atoms with Crippen molar-refractivity contribution in [3.8, 4) is 5.75 Å². The van der Waals surface area contributed by atoms with E-state index in [2.05, 4.69) is 4.99 Å². The number of hydrogen-bond acceptors (Lipinski definition) is 4. The Labute approximate surface area is 198 Å². The van der Waals surface area contributed by atoms with Crippen LogP contribution in [0.5, 0.6) is 5.75 Å². The molecule has 7 heteroatoms. The van der Waals surface area contributed by atoms with Gasteiger partial charge < -0.3 is 9.84 Å². The van der Waals surface area contributed by atoms with Crippen LogP contribution in [0.25, 0.3) is 0 Å². The fourth-order valence-electron chi connectivity index (χ4n) is 4.23. The van der Waals surface area contributed by atoms with Gasteiger partial charge in [0.25, 0.3) is 5.92 Å². The maximum atomic E-state index is 15.1. The molecule has 2 aromatic carbocycles. The van der Waals surface area contributed by atoms with Crippen LogP contribution in [-0.4, -0.2) is 35.2 Å². The standard InChI is InChI=1S/C27H29F2NO4/c1-19(2)17-24(31)26(14-6-16-30-26)23(13-15-27(28,29)21-7-4-3-5-8-21)20-9-11-22(12-10-20)34-18-25(32)33/h3-12,14,16,19,23H,13,15,17-18H2,1-2H3,(H,32,33). The topological polar surface area (TPSA) is 76.0 Å². The van der Waals surface area contributed by atoms with Gasteiger partial charge in [0.15, 0.2) is 12.4 Å². The second-order valence-corrected chi connectivity index (χ2v) is 8.90. The van der Waals surface area contributed by atoms with Gasteiger partial charge in [0, 0.05) is 30.5 Å². The van der Waals surface area contributed by atoms with Crippen LogP contribution in [0.2, 0.25) is 0 Å². The number of carbonyl (C=O) groups is 2. The molecular weight excluding hydrogens is 440 g/mol. The lowest BCUT2D eigenvalue weighted by atomic mass is 9.72. The molecule has 180 valence electrons. The minimum Gasteiger partial charge on any atom is -0.482 e. The van der Waals surface area contributed by atoms with Crippen molar-refractivity contribution < 1.29 is 28.2 Å². The van der Waals surface area contributed by atoms with Crippen molar-refractivity contribution in [1.29, 1.82) is 0 Å². The first-order valence-electron chi connectivity index (χ1n) is 11.3. The minimum absolute atomic E-state index is 0.0166. The highest BCUT2D eigenvalue weighted by Crippen LogP contribution is 2.44. The number of alkyl halides is 2. The average Bonchev–Trinajstić information content (AvgIpc) is 3.30. The molecule has 2 aromatic rings. The number of nitrogens with zero attached hydrogens (tertiary/aromatic N) is 1. The Bertz CT molecular complexity index is 1030.